The largest absolute Gasteiger partial charge is 0.385 e. The molecule has 0 heterocycles. The monoisotopic (exact) mass is 185 g/mol. The van der Waals surface area contributed by atoms with Crippen molar-refractivity contribution in [1.82, 2.24) is 0 Å². The highest BCUT2D eigenvalue weighted by Gasteiger charge is 2.34. The predicted molar refractivity (Wildman–Crippen MR) is 55.7 cm³/mol. The van der Waals surface area contributed by atoms with Crippen molar-refractivity contribution in [2.45, 2.75) is 51.5 Å². The Bertz CT molecular complexity index is 155. The molecule has 0 saturated heterocycles. The zero-order valence-electron chi connectivity index (χ0n) is 9.23. The number of nitrogens with two attached hydrogens (primary N) is 1. The van der Waals surface area contributed by atoms with Crippen molar-refractivity contribution in [3.63, 3.8) is 0 Å². The second-order valence-corrected chi connectivity index (χ2v) is 5.27. The Kier molecular flexibility index (Phi) is 3.36. The Morgan fingerprint density at radius 3 is 2.15 bits per heavy atom. The van der Waals surface area contributed by atoms with E-state index in [4.69, 9.17) is 10.5 Å². The highest BCUT2D eigenvalue weighted by atomic mass is 16.5. The van der Waals surface area contributed by atoms with Crippen molar-refractivity contribution in [2.75, 3.05) is 13.7 Å². The van der Waals surface area contributed by atoms with E-state index in [0.29, 0.717) is 5.41 Å². The van der Waals surface area contributed by atoms with E-state index in [2.05, 4.69) is 13.8 Å². The molecule has 0 aromatic heterocycles. The maximum Gasteiger partial charge on any atom is 0.0479 e. The zero-order valence-corrected chi connectivity index (χ0v) is 9.23. The molecule has 0 bridgehead atoms. The van der Waals surface area contributed by atoms with E-state index < -0.39 is 0 Å². The van der Waals surface area contributed by atoms with Crippen molar-refractivity contribution in [2.24, 2.45) is 11.1 Å². The van der Waals surface area contributed by atoms with E-state index in [1.807, 2.05) is 0 Å². The van der Waals surface area contributed by atoms with Crippen LogP contribution in [0.2, 0.25) is 0 Å². The third-order valence-corrected chi connectivity index (χ3v) is 3.40. The average Bonchev–Trinajstić information content (AvgIpc) is 2.08. The van der Waals surface area contributed by atoms with Crippen molar-refractivity contribution in [3.8, 4) is 0 Å². The molecule has 0 spiro atoms. The Morgan fingerprint density at radius 2 is 1.69 bits per heavy atom. The normalized spacial score (nSPS) is 25.8. The average molecular weight is 185 g/mol. The highest BCUT2D eigenvalue weighted by Crippen LogP contribution is 2.40. The lowest BCUT2D eigenvalue weighted by atomic mass is 9.69. The van der Waals surface area contributed by atoms with Crippen molar-refractivity contribution < 1.29 is 4.74 Å². The van der Waals surface area contributed by atoms with E-state index in [0.717, 1.165) is 25.9 Å². The molecule has 1 aliphatic carbocycles. The van der Waals surface area contributed by atoms with Crippen LogP contribution in [0.1, 0.15) is 46.0 Å². The number of rotatable bonds is 3. The van der Waals surface area contributed by atoms with Gasteiger partial charge in [-0.05, 0) is 37.5 Å². The minimum absolute atomic E-state index is 0.0610. The fourth-order valence-electron chi connectivity index (χ4n) is 1.98. The van der Waals surface area contributed by atoms with Gasteiger partial charge in [-0.3, -0.25) is 0 Å². The smallest absolute Gasteiger partial charge is 0.0479 e. The summed E-state index contributed by atoms with van der Waals surface area (Å²) < 4.78 is 5.08. The van der Waals surface area contributed by atoms with Crippen LogP contribution in [0.15, 0.2) is 0 Å². The van der Waals surface area contributed by atoms with Gasteiger partial charge in [0, 0.05) is 19.3 Å². The second kappa shape index (κ2) is 3.97. The minimum atomic E-state index is 0.0610. The summed E-state index contributed by atoms with van der Waals surface area (Å²) in [7, 11) is 1.75. The zero-order chi connectivity index (χ0) is 9.95. The standard InChI is InChI=1S/C11H23NO/c1-10(2)4-6-11(12,7-5-10)8-9-13-3/h4-9,12H2,1-3H3. The summed E-state index contributed by atoms with van der Waals surface area (Å²) in [6.45, 7) is 5.47. The van der Waals surface area contributed by atoms with E-state index in [1.165, 1.54) is 12.8 Å². The fourth-order valence-corrected chi connectivity index (χ4v) is 1.98. The van der Waals surface area contributed by atoms with Crippen LogP contribution in [0.4, 0.5) is 0 Å². The molecule has 0 unspecified atom stereocenters. The topological polar surface area (TPSA) is 35.2 Å². The molecule has 1 fully saturated rings. The summed E-state index contributed by atoms with van der Waals surface area (Å²) in [5.74, 6) is 0. The summed E-state index contributed by atoms with van der Waals surface area (Å²) in [4.78, 5) is 0. The molecule has 2 heteroatoms. The van der Waals surface area contributed by atoms with E-state index >= 15 is 0 Å². The second-order valence-electron chi connectivity index (χ2n) is 5.27. The van der Waals surface area contributed by atoms with Crippen LogP contribution >= 0.6 is 0 Å². The van der Waals surface area contributed by atoms with Gasteiger partial charge in [0.1, 0.15) is 0 Å². The van der Waals surface area contributed by atoms with Crippen LogP contribution in [0.3, 0.4) is 0 Å². The lowest BCUT2D eigenvalue weighted by Gasteiger charge is -2.41. The van der Waals surface area contributed by atoms with E-state index in [1.54, 1.807) is 7.11 Å². The van der Waals surface area contributed by atoms with Gasteiger partial charge in [0.2, 0.25) is 0 Å². The molecule has 2 N–H and O–H groups in total. The summed E-state index contributed by atoms with van der Waals surface area (Å²) in [5.41, 5.74) is 6.86. The molecule has 0 amide bonds. The van der Waals surface area contributed by atoms with Gasteiger partial charge in [-0.2, -0.15) is 0 Å². The van der Waals surface area contributed by atoms with Gasteiger partial charge in [0.15, 0.2) is 0 Å². The molecule has 2 nitrogen and oxygen atoms in total. The number of methoxy groups -OCH3 is 1. The molecule has 1 rings (SSSR count). The van der Waals surface area contributed by atoms with Gasteiger partial charge >= 0.3 is 0 Å². The first-order valence-electron chi connectivity index (χ1n) is 5.25. The van der Waals surface area contributed by atoms with Crippen molar-refractivity contribution >= 4 is 0 Å². The lowest BCUT2D eigenvalue weighted by molar-refractivity contribution is 0.115. The molecule has 13 heavy (non-hydrogen) atoms. The minimum Gasteiger partial charge on any atom is -0.385 e. The quantitative estimate of drug-likeness (QED) is 0.732. The number of hydrogen-bond acceptors (Lipinski definition) is 2. The van der Waals surface area contributed by atoms with Gasteiger partial charge in [0.25, 0.3) is 0 Å². The molecule has 0 radical (unpaired) electrons. The van der Waals surface area contributed by atoms with Gasteiger partial charge in [-0.15, -0.1) is 0 Å². The first-order chi connectivity index (χ1) is 5.97. The van der Waals surface area contributed by atoms with Gasteiger partial charge in [-0.1, -0.05) is 13.8 Å². The first-order valence-corrected chi connectivity index (χ1v) is 5.25. The molecular weight excluding hydrogens is 162 g/mol. The number of hydrogen-bond donors (Lipinski definition) is 1. The van der Waals surface area contributed by atoms with E-state index in [9.17, 15) is 0 Å². The Morgan fingerprint density at radius 1 is 1.15 bits per heavy atom. The lowest BCUT2D eigenvalue weighted by Crippen LogP contribution is -2.45. The maximum atomic E-state index is 6.29. The van der Waals surface area contributed by atoms with Gasteiger partial charge in [0.05, 0.1) is 0 Å². The van der Waals surface area contributed by atoms with Crippen molar-refractivity contribution in [3.05, 3.63) is 0 Å². The third kappa shape index (κ3) is 3.28. The van der Waals surface area contributed by atoms with Crippen LogP contribution < -0.4 is 5.73 Å². The Balaban J connectivity index is 2.37. The molecule has 1 saturated carbocycles. The molecule has 0 atom stereocenters. The summed E-state index contributed by atoms with van der Waals surface area (Å²) in [6.07, 6.45) is 5.84. The third-order valence-electron chi connectivity index (χ3n) is 3.40. The summed E-state index contributed by atoms with van der Waals surface area (Å²) in [5, 5.41) is 0. The van der Waals surface area contributed by atoms with Crippen LogP contribution in [-0.4, -0.2) is 19.3 Å². The number of ether oxygens (including phenoxy) is 1. The van der Waals surface area contributed by atoms with Crippen LogP contribution in [-0.2, 0) is 4.74 Å². The maximum absolute atomic E-state index is 6.29. The van der Waals surface area contributed by atoms with Crippen LogP contribution in [0.5, 0.6) is 0 Å². The molecule has 1 aliphatic rings. The van der Waals surface area contributed by atoms with Gasteiger partial charge < -0.3 is 10.5 Å². The Hall–Kier alpha value is -0.0800. The van der Waals surface area contributed by atoms with E-state index in [-0.39, 0.29) is 5.54 Å². The summed E-state index contributed by atoms with van der Waals surface area (Å²) in [6, 6.07) is 0. The van der Waals surface area contributed by atoms with Crippen molar-refractivity contribution in [1.29, 1.82) is 0 Å². The Labute approximate surface area is 81.8 Å². The molecule has 0 aliphatic heterocycles. The first kappa shape index (κ1) is 11.0. The molecule has 78 valence electrons. The summed E-state index contributed by atoms with van der Waals surface area (Å²) >= 11 is 0. The SMILES string of the molecule is COCCC1(N)CCC(C)(C)CC1. The molecular formula is C11H23NO. The highest BCUT2D eigenvalue weighted by molar-refractivity contribution is 4.92. The predicted octanol–water partition coefficient (Wildman–Crippen LogP) is 2.32. The molecule has 0 aromatic rings. The fraction of sp³-hybridized carbons (Fsp3) is 1.00. The van der Waals surface area contributed by atoms with Crippen LogP contribution in [0.25, 0.3) is 0 Å². The van der Waals surface area contributed by atoms with Gasteiger partial charge in [-0.25, -0.2) is 0 Å². The molecule has 0 aromatic carbocycles. The van der Waals surface area contributed by atoms with Crippen LogP contribution in [0, 0.1) is 5.41 Å².